The average molecular weight is 420 g/mol. The molecule has 0 saturated carbocycles. The lowest BCUT2D eigenvalue weighted by Crippen LogP contribution is -2.37. The number of H-pyrrole nitrogens is 1. The smallest absolute Gasteiger partial charge is 0.273 e. The highest BCUT2D eigenvalue weighted by atomic mass is 35.5. The summed E-state index contributed by atoms with van der Waals surface area (Å²) < 4.78 is 5.69. The summed E-state index contributed by atoms with van der Waals surface area (Å²) in [4.78, 5) is 22.8. The van der Waals surface area contributed by atoms with Crippen LogP contribution in [-0.4, -0.2) is 58.3 Å². The number of halogens is 1. The molecule has 3 rings (SSSR count). The molecule has 0 radical (unpaired) electrons. The highest BCUT2D eigenvalue weighted by Crippen LogP contribution is 2.24. The second-order valence-electron chi connectivity index (χ2n) is 6.25. The van der Waals surface area contributed by atoms with Gasteiger partial charge in [-0.05, 0) is 18.2 Å². The number of aliphatic hydroxyl groups excluding tert-OH is 1. The molecule has 1 atom stereocenters. The molecule has 11 heteroatoms. The quantitative estimate of drug-likeness (QED) is 0.273. The lowest BCUT2D eigenvalue weighted by Gasteiger charge is -2.14. The van der Waals surface area contributed by atoms with Crippen molar-refractivity contribution in [3.63, 3.8) is 0 Å². The maximum absolute atomic E-state index is 12.1. The first-order chi connectivity index (χ1) is 14.0. The van der Waals surface area contributed by atoms with E-state index >= 15 is 0 Å². The molecule has 1 unspecified atom stereocenters. The molecule has 1 amide bonds. The molecule has 0 aliphatic heterocycles. The van der Waals surface area contributed by atoms with Crippen molar-refractivity contribution in [1.29, 1.82) is 0 Å². The fourth-order valence-electron chi connectivity index (χ4n) is 2.65. The van der Waals surface area contributed by atoms with Crippen LogP contribution in [0.1, 0.15) is 10.5 Å². The molecule has 0 aliphatic carbocycles. The molecule has 0 bridgehead atoms. The van der Waals surface area contributed by atoms with Crippen molar-refractivity contribution in [3.8, 4) is 5.75 Å². The molecule has 29 heavy (non-hydrogen) atoms. The van der Waals surface area contributed by atoms with Crippen LogP contribution in [-0.2, 0) is 0 Å². The zero-order valence-corrected chi connectivity index (χ0v) is 16.2. The number of carbonyl (C=O) groups excluding carboxylic acids is 1. The summed E-state index contributed by atoms with van der Waals surface area (Å²) in [6.45, 7) is 1.15. The fraction of sp³-hybridized carbons (Fsp3) is 0.278. The number of nitrogens with zero attached hydrogens (tertiary/aromatic N) is 2. The SMILES string of the molecule is Nc1nc(N)c(C(=O)NCCNCC(O)COc2cccc3[nH]ccc23)nc1Cl. The Morgan fingerprint density at radius 3 is 2.90 bits per heavy atom. The van der Waals surface area contributed by atoms with Crippen molar-refractivity contribution >= 4 is 40.0 Å². The first-order valence-corrected chi connectivity index (χ1v) is 9.28. The molecular weight excluding hydrogens is 398 g/mol. The van der Waals surface area contributed by atoms with E-state index < -0.39 is 12.0 Å². The highest BCUT2D eigenvalue weighted by molar-refractivity contribution is 6.31. The monoisotopic (exact) mass is 419 g/mol. The molecule has 1 aromatic carbocycles. The van der Waals surface area contributed by atoms with E-state index in [0.29, 0.717) is 18.8 Å². The minimum atomic E-state index is -0.711. The van der Waals surface area contributed by atoms with E-state index in [1.807, 2.05) is 30.5 Å². The van der Waals surface area contributed by atoms with Crippen molar-refractivity contribution in [2.45, 2.75) is 6.10 Å². The van der Waals surface area contributed by atoms with Crippen LogP contribution < -0.4 is 26.8 Å². The third-order valence-electron chi connectivity index (χ3n) is 4.07. The number of ether oxygens (including phenoxy) is 1. The van der Waals surface area contributed by atoms with Gasteiger partial charge in [-0.3, -0.25) is 4.79 Å². The minimum Gasteiger partial charge on any atom is -0.490 e. The van der Waals surface area contributed by atoms with Gasteiger partial charge >= 0.3 is 0 Å². The summed E-state index contributed by atoms with van der Waals surface area (Å²) in [5.41, 5.74) is 12.0. The van der Waals surface area contributed by atoms with E-state index in [1.54, 1.807) is 0 Å². The molecule has 8 N–H and O–H groups in total. The normalized spacial score (nSPS) is 12.1. The summed E-state index contributed by atoms with van der Waals surface area (Å²) in [6.07, 6.45) is 1.12. The third kappa shape index (κ3) is 5.25. The van der Waals surface area contributed by atoms with Gasteiger partial charge in [0.1, 0.15) is 18.5 Å². The molecule has 154 valence electrons. The predicted molar refractivity (Wildman–Crippen MR) is 111 cm³/mol. The van der Waals surface area contributed by atoms with Crippen LogP contribution in [0.2, 0.25) is 5.15 Å². The Labute approximate surface area is 171 Å². The van der Waals surface area contributed by atoms with Crippen LogP contribution in [0.3, 0.4) is 0 Å². The number of nitrogen functional groups attached to an aromatic ring is 2. The molecule has 0 spiro atoms. The number of benzene rings is 1. The van der Waals surface area contributed by atoms with Gasteiger partial charge < -0.3 is 36.9 Å². The number of anilines is 2. The van der Waals surface area contributed by atoms with E-state index in [2.05, 4.69) is 25.6 Å². The van der Waals surface area contributed by atoms with E-state index in [4.69, 9.17) is 27.8 Å². The number of nitrogens with one attached hydrogen (secondary N) is 3. The number of hydrogen-bond acceptors (Lipinski definition) is 8. The van der Waals surface area contributed by atoms with Gasteiger partial charge in [0.15, 0.2) is 22.5 Å². The Balaban J connectivity index is 1.36. The van der Waals surface area contributed by atoms with Gasteiger partial charge in [0.2, 0.25) is 0 Å². The number of amides is 1. The van der Waals surface area contributed by atoms with Gasteiger partial charge in [-0.2, -0.15) is 0 Å². The van der Waals surface area contributed by atoms with E-state index in [-0.39, 0.29) is 35.6 Å². The van der Waals surface area contributed by atoms with Gasteiger partial charge in [-0.25, -0.2) is 9.97 Å². The van der Waals surface area contributed by atoms with Crippen LogP contribution in [0, 0.1) is 0 Å². The molecule has 2 heterocycles. The third-order valence-corrected chi connectivity index (χ3v) is 4.35. The summed E-state index contributed by atoms with van der Waals surface area (Å²) in [5, 5.41) is 16.6. The number of nitrogens with two attached hydrogens (primary N) is 2. The number of hydrogen-bond donors (Lipinski definition) is 6. The number of aromatic amines is 1. The molecule has 0 fully saturated rings. The number of aliphatic hydroxyl groups is 1. The molecular formula is C18H22ClN7O3. The summed E-state index contributed by atoms with van der Waals surface area (Å²) in [5.74, 6) is 0.0619. The Morgan fingerprint density at radius 2 is 2.07 bits per heavy atom. The molecule has 0 aliphatic rings. The van der Waals surface area contributed by atoms with E-state index in [1.165, 1.54) is 0 Å². The number of rotatable bonds is 9. The lowest BCUT2D eigenvalue weighted by molar-refractivity contribution is 0.0946. The van der Waals surface area contributed by atoms with E-state index in [9.17, 15) is 9.90 Å². The van der Waals surface area contributed by atoms with Gasteiger partial charge in [0.25, 0.3) is 5.91 Å². The zero-order chi connectivity index (χ0) is 20.8. The van der Waals surface area contributed by atoms with Crippen LogP contribution in [0.25, 0.3) is 10.9 Å². The maximum atomic E-state index is 12.1. The summed E-state index contributed by atoms with van der Waals surface area (Å²) in [7, 11) is 0. The van der Waals surface area contributed by atoms with Crippen LogP contribution >= 0.6 is 11.6 Å². The maximum Gasteiger partial charge on any atom is 0.273 e. The first-order valence-electron chi connectivity index (χ1n) is 8.90. The Hall–Kier alpha value is -3.08. The first kappa shape index (κ1) is 20.6. The van der Waals surface area contributed by atoms with Crippen molar-refractivity contribution in [3.05, 3.63) is 41.3 Å². The largest absolute Gasteiger partial charge is 0.490 e. The molecule has 10 nitrogen and oxygen atoms in total. The number of fused-ring (bicyclic) bond motifs is 1. The summed E-state index contributed by atoms with van der Waals surface area (Å²) in [6, 6.07) is 7.60. The van der Waals surface area contributed by atoms with Crippen molar-refractivity contribution < 1.29 is 14.6 Å². The average Bonchev–Trinajstić information content (AvgIpc) is 3.18. The van der Waals surface area contributed by atoms with Crippen molar-refractivity contribution in [1.82, 2.24) is 25.6 Å². The topological polar surface area (TPSA) is 164 Å². The predicted octanol–water partition coefficient (Wildman–Crippen LogP) is 0.535. The second kappa shape index (κ2) is 9.41. The Morgan fingerprint density at radius 1 is 1.24 bits per heavy atom. The van der Waals surface area contributed by atoms with Gasteiger partial charge in [-0.15, -0.1) is 0 Å². The highest BCUT2D eigenvalue weighted by Gasteiger charge is 2.15. The van der Waals surface area contributed by atoms with Crippen molar-refractivity contribution in [2.75, 3.05) is 37.7 Å². The standard InChI is InChI=1S/C18H22ClN7O3/c19-15-17(21)26-16(20)14(25-15)18(28)24-7-6-22-8-10(27)9-29-13-3-1-2-12-11(13)4-5-23-12/h1-5,10,22-23,27H,6-9H2,(H,24,28)(H4,20,21,26). The van der Waals surface area contributed by atoms with Crippen LogP contribution in [0.15, 0.2) is 30.5 Å². The Bertz CT molecular complexity index is 995. The zero-order valence-electron chi connectivity index (χ0n) is 15.5. The minimum absolute atomic E-state index is 0.0358. The van der Waals surface area contributed by atoms with Gasteiger partial charge in [0.05, 0.1) is 0 Å². The molecule has 2 aromatic heterocycles. The fourth-order valence-corrected chi connectivity index (χ4v) is 2.78. The van der Waals surface area contributed by atoms with E-state index in [0.717, 1.165) is 10.9 Å². The number of aromatic nitrogens is 3. The van der Waals surface area contributed by atoms with Crippen LogP contribution in [0.5, 0.6) is 5.75 Å². The Kier molecular flexibility index (Phi) is 6.70. The number of carbonyl (C=O) groups is 1. The van der Waals surface area contributed by atoms with Crippen LogP contribution in [0.4, 0.5) is 11.6 Å². The second-order valence-corrected chi connectivity index (χ2v) is 6.61. The summed E-state index contributed by atoms with van der Waals surface area (Å²) >= 11 is 5.76. The molecule has 0 saturated heterocycles. The molecule has 3 aromatic rings. The van der Waals surface area contributed by atoms with Crippen molar-refractivity contribution in [2.24, 2.45) is 0 Å². The van der Waals surface area contributed by atoms with Gasteiger partial charge in [0, 0.05) is 36.7 Å². The van der Waals surface area contributed by atoms with Gasteiger partial charge in [-0.1, -0.05) is 17.7 Å². The lowest BCUT2D eigenvalue weighted by atomic mass is 10.2.